The van der Waals surface area contributed by atoms with Crippen LogP contribution in [0.3, 0.4) is 0 Å². The number of pyridine rings is 1. The number of nitrogens with zero attached hydrogens (tertiary/aromatic N) is 5. The number of fused-ring (bicyclic) bond motifs is 2. The third kappa shape index (κ3) is 2.06. The molecule has 0 fully saturated rings. The normalized spacial score (nSPS) is 13.9. The van der Waals surface area contributed by atoms with Crippen molar-refractivity contribution in [1.82, 2.24) is 20.0 Å². The van der Waals surface area contributed by atoms with Crippen LogP contribution < -0.4 is 4.90 Å². The fourth-order valence-electron chi connectivity index (χ4n) is 2.99. The number of rotatable bonds is 1. The van der Waals surface area contributed by atoms with Crippen molar-refractivity contribution in [1.29, 1.82) is 0 Å². The van der Waals surface area contributed by atoms with Crippen molar-refractivity contribution in [2.75, 3.05) is 11.4 Å². The molecule has 0 N–H and O–H groups in total. The van der Waals surface area contributed by atoms with Gasteiger partial charge in [-0.3, -0.25) is 0 Å². The van der Waals surface area contributed by atoms with E-state index in [1.165, 1.54) is 11.3 Å². The lowest BCUT2D eigenvalue weighted by Gasteiger charge is -2.20. The lowest BCUT2D eigenvalue weighted by atomic mass is 10.2. The summed E-state index contributed by atoms with van der Waals surface area (Å²) < 4.78 is 3.94. The highest BCUT2D eigenvalue weighted by molar-refractivity contribution is 9.11. The summed E-state index contributed by atoms with van der Waals surface area (Å²) >= 11 is 7.24. The first-order chi connectivity index (χ1) is 10.5. The molecule has 0 bridgehead atoms. The van der Waals surface area contributed by atoms with Crippen LogP contribution in [0.15, 0.2) is 27.1 Å². The molecule has 7 heteroatoms. The number of hydrogen-bond acceptors (Lipinski definition) is 4. The second-order valence-corrected chi connectivity index (χ2v) is 7.24. The Morgan fingerprint density at radius 3 is 2.82 bits per heavy atom. The largest absolute Gasteiger partial charge is 0.323 e. The van der Waals surface area contributed by atoms with Gasteiger partial charge in [0.25, 0.3) is 0 Å². The van der Waals surface area contributed by atoms with E-state index in [0.29, 0.717) is 0 Å². The molecule has 1 aliphatic rings. The maximum atomic E-state index is 4.74. The molecule has 0 spiro atoms. The molecule has 1 aromatic carbocycles. The van der Waals surface area contributed by atoms with Crippen molar-refractivity contribution in [3.05, 3.63) is 38.4 Å². The molecule has 0 aliphatic carbocycles. The molecule has 22 heavy (non-hydrogen) atoms. The summed E-state index contributed by atoms with van der Waals surface area (Å²) in [5.74, 6) is 0.880. The van der Waals surface area contributed by atoms with Crippen LogP contribution in [0.2, 0.25) is 0 Å². The zero-order valence-electron chi connectivity index (χ0n) is 12.1. The Hall–Kier alpha value is -1.47. The Kier molecular flexibility index (Phi) is 3.23. The molecule has 2 aromatic heterocycles. The summed E-state index contributed by atoms with van der Waals surface area (Å²) in [5.41, 5.74) is 5.30. The summed E-state index contributed by atoms with van der Waals surface area (Å²) in [6, 6.07) is 6.26. The van der Waals surface area contributed by atoms with Gasteiger partial charge in [0.15, 0.2) is 11.3 Å². The first-order valence-corrected chi connectivity index (χ1v) is 8.55. The van der Waals surface area contributed by atoms with E-state index in [1.54, 1.807) is 4.68 Å². The zero-order chi connectivity index (χ0) is 15.4. The van der Waals surface area contributed by atoms with Gasteiger partial charge < -0.3 is 4.90 Å². The smallest absolute Gasteiger partial charge is 0.163 e. The summed E-state index contributed by atoms with van der Waals surface area (Å²) in [7, 11) is 1.91. The standard InChI is InChI=1S/C15H13Br2N5/c1-8-5-12-13(19-20-21(12)2)15(18-8)22-4-3-9-6-10(16)7-11(17)14(9)22/h5-7H,3-4H2,1-2H3. The first-order valence-electron chi connectivity index (χ1n) is 6.97. The van der Waals surface area contributed by atoms with Gasteiger partial charge in [0.2, 0.25) is 0 Å². The lowest BCUT2D eigenvalue weighted by molar-refractivity contribution is 0.736. The van der Waals surface area contributed by atoms with E-state index < -0.39 is 0 Å². The van der Waals surface area contributed by atoms with Gasteiger partial charge in [-0.1, -0.05) is 21.1 Å². The molecular formula is C15H13Br2N5. The monoisotopic (exact) mass is 421 g/mol. The quantitative estimate of drug-likeness (QED) is 0.596. The second kappa shape index (κ2) is 5.03. The average Bonchev–Trinajstić information content (AvgIpc) is 3.03. The molecule has 0 atom stereocenters. The van der Waals surface area contributed by atoms with Crippen LogP contribution in [0.1, 0.15) is 11.3 Å². The number of halogens is 2. The molecule has 0 unspecified atom stereocenters. The molecule has 0 saturated carbocycles. The maximum Gasteiger partial charge on any atom is 0.163 e. The van der Waals surface area contributed by atoms with Crippen LogP contribution in [0.25, 0.3) is 11.0 Å². The van der Waals surface area contributed by atoms with E-state index in [1.807, 2.05) is 20.0 Å². The number of hydrogen-bond donors (Lipinski definition) is 0. The van der Waals surface area contributed by atoms with Crippen LogP contribution in [-0.4, -0.2) is 26.5 Å². The Morgan fingerprint density at radius 2 is 2.00 bits per heavy atom. The fraction of sp³-hybridized carbons (Fsp3) is 0.267. The van der Waals surface area contributed by atoms with Gasteiger partial charge in [0.05, 0.1) is 11.2 Å². The third-order valence-corrected chi connectivity index (χ3v) is 5.01. The predicted octanol–water partition coefficient (Wildman–Crippen LogP) is 3.89. The third-order valence-electron chi connectivity index (χ3n) is 3.95. The van der Waals surface area contributed by atoms with Crippen molar-refractivity contribution >= 4 is 54.4 Å². The minimum Gasteiger partial charge on any atom is -0.323 e. The molecule has 112 valence electrons. The SMILES string of the molecule is Cc1cc2c(nnn2C)c(N2CCc3cc(Br)cc(Br)c32)n1. The van der Waals surface area contributed by atoms with Gasteiger partial charge in [0, 0.05) is 28.2 Å². The van der Waals surface area contributed by atoms with Gasteiger partial charge in [-0.05, 0) is 53.0 Å². The van der Waals surface area contributed by atoms with Crippen LogP contribution >= 0.6 is 31.9 Å². The average molecular weight is 423 g/mol. The number of aromatic nitrogens is 4. The van der Waals surface area contributed by atoms with Crippen LogP contribution in [0.4, 0.5) is 11.5 Å². The van der Waals surface area contributed by atoms with Gasteiger partial charge in [-0.2, -0.15) is 0 Å². The van der Waals surface area contributed by atoms with E-state index >= 15 is 0 Å². The zero-order valence-corrected chi connectivity index (χ0v) is 15.3. The molecule has 1 aliphatic heterocycles. The van der Waals surface area contributed by atoms with Crippen LogP contribution in [0, 0.1) is 6.92 Å². The van der Waals surface area contributed by atoms with Gasteiger partial charge >= 0.3 is 0 Å². The van der Waals surface area contributed by atoms with Crippen molar-refractivity contribution in [2.24, 2.45) is 7.05 Å². The maximum absolute atomic E-state index is 4.74. The van der Waals surface area contributed by atoms with Crippen molar-refractivity contribution in [2.45, 2.75) is 13.3 Å². The van der Waals surface area contributed by atoms with E-state index in [4.69, 9.17) is 4.98 Å². The Labute approximate surface area is 144 Å². The summed E-state index contributed by atoms with van der Waals surface area (Å²) in [6.07, 6.45) is 0.991. The Bertz CT molecular complexity index is 903. The second-order valence-electron chi connectivity index (χ2n) is 5.47. The minimum atomic E-state index is 0.843. The number of anilines is 2. The summed E-state index contributed by atoms with van der Waals surface area (Å²) in [6.45, 7) is 2.90. The molecule has 3 aromatic rings. The van der Waals surface area contributed by atoms with E-state index in [9.17, 15) is 0 Å². The van der Waals surface area contributed by atoms with Gasteiger partial charge in [-0.15, -0.1) is 5.10 Å². The highest BCUT2D eigenvalue weighted by atomic mass is 79.9. The number of aryl methyl sites for hydroxylation is 2. The Balaban J connectivity index is 1.96. The van der Waals surface area contributed by atoms with Crippen molar-refractivity contribution in [3.63, 3.8) is 0 Å². The first kappa shape index (κ1) is 14.1. The molecule has 3 heterocycles. The molecule has 0 saturated heterocycles. The van der Waals surface area contributed by atoms with Crippen molar-refractivity contribution < 1.29 is 0 Å². The fourth-order valence-corrected chi connectivity index (χ4v) is 4.52. The Morgan fingerprint density at radius 1 is 1.18 bits per heavy atom. The topological polar surface area (TPSA) is 46.8 Å². The summed E-state index contributed by atoms with van der Waals surface area (Å²) in [4.78, 5) is 6.97. The van der Waals surface area contributed by atoms with Gasteiger partial charge in [0.1, 0.15) is 0 Å². The molecule has 5 nitrogen and oxygen atoms in total. The molecule has 4 rings (SSSR count). The molecular weight excluding hydrogens is 410 g/mol. The molecule has 0 amide bonds. The van der Waals surface area contributed by atoms with Crippen molar-refractivity contribution in [3.8, 4) is 0 Å². The predicted molar refractivity (Wildman–Crippen MR) is 93.6 cm³/mol. The van der Waals surface area contributed by atoms with E-state index in [0.717, 1.165) is 44.5 Å². The van der Waals surface area contributed by atoms with Crippen LogP contribution in [-0.2, 0) is 13.5 Å². The lowest BCUT2D eigenvalue weighted by Crippen LogP contribution is -2.16. The van der Waals surface area contributed by atoms with E-state index in [-0.39, 0.29) is 0 Å². The molecule has 0 radical (unpaired) electrons. The highest BCUT2D eigenvalue weighted by Crippen LogP contribution is 2.42. The minimum absolute atomic E-state index is 0.843. The van der Waals surface area contributed by atoms with Gasteiger partial charge in [-0.25, -0.2) is 9.67 Å². The number of benzene rings is 1. The highest BCUT2D eigenvalue weighted by Gasteiger charge is 2.27. The van der Waals surface area contributed by atoms with Crippen LogP contribution in [0.5, 0.6) is 0 Å². The van der Waals surface area contributed by atoms with E-state index in [2.05, 4.69) is 59.2 Å². The summed E-state index contributed by atoms with van der Waals surface area (Å²) in [5, 5.41) is 8.45.